The fraction of sp³-hybridized carbons (Fsp3) is 0.538. The Kier molecular flexibility index (Phi) is 4.19. The van der Waals surface area contributed by atoms with Gasteiger partial charge in [-0.05, 0) is 27.7 Å². The molecule has 13 heavy (non-hydrogen) atoms. The zero-order chi connectivity index (χ0) is 10.6. The van der Waals surface area contributed by atoms with Crippen molar-refractivity contribution in [2.24, 2.45) is 5.41 Å². The molecule has 0 aromatic rings. The van der Waals surface area contributed by atoms with E-state index in [9.17, 15) is 0 Å². The maximum Gasteiger partial charge on any atom is 0.00615 e. The van der Waals surface area contributed by atoms with Gasteiger partial charge in [0.25, 0.3) is 0 Å². The lowest BCUT2D eigenvalue weighted by Gasteiger charge is -2.27. The Balaban J connectivity index is 4.94. The van der Waals surface area contributed by atoms with E-state index in [0.717, 1.165) is 5.57 Å². The molecule has 0 heteroatoms. The summed E-state index contributed by atoms with van der Waals surface area (Å²) in [6.45, 7) is 16.9. The van der Waals surface area contributed by atoms with Gasteiger partial charge < -0.3 is 0 Å². The molecule has 0 fully saturated rings. The Hall–Kier alpha value is -0.780. The summed E-state index contributed by atoms with van der Waals surface area (Å²) < 4.78 is 0. The van der Waals surface area contributed by atoms with Crippen molar-refractivity contribution in [3.05, 3.63) is 35.5 Å². The lowest BCUT2D eigenvalue weighted by molar-refractivity contribution is 0.537. The molecule has 0 spiro atoms. The van der Waals surface area contributed by atoms with Gasteiger partial charge in [0.15, 0.2) is 0 Å². The van der Waals surface area contributed by atoms with E-state index in [2.05, 4.69) is 53.3 Å². The first-order valence-corrected chi connectivity index (χ1v) is 4.80. The third-order valence-electron chi connectivity index (χ3n) is 2.87. The summed E-state index contributed by atoms with van der Waals surface area (Å²) in [4.78, 5) is 0. The van der Waals surface area contributed by atoms with Crippen LogP contribution in [0.15, 0.2) is 35.5 Å². The Morgan fingerprint density at radius 1 is 1.08 bits per heavy atom. The standard InChI is InChI=1S/C13H22/c1-8-11(4)13(6,7)12(5)9-10(2)3/h8-9H,2H2,1,3-7H3/b11-8+,12-9+. The summed E-state index contributed by atoms with van der Waals surface area (Å²) >= 11 is 0. The third-order valence-corrected chi connectivity index (χ3v) is 2.87. The van der Waals surface area contributed by atoms with E-state index < -0.39 is 0 Å². The van der Waals surface area contributed by atoms with E-state index in [4.69, 9.17) is 0 Å². The van der Waals surface area contributed by atoms with E-state index in [1.807, 2.05) is 6.92 Å². The highest BCUT2D eigenvalue weighted by molar-refractivity contribution is 5.29. The van der Waals surface area contributed by atoms with Crippen LogP contribution < -0.4 is 0 Å². The highest BCUT2D eigenvalue weighted by atomic mass is 14.3. The predicted octanol–water partition coefficient (Wildman–Crippen LogP) is 4.50. The predicted molar refractivity (Wildman–Crippen MR) is 61.8 cm³/mol. The summed E-state index contributed by atoms with van der Waals surface area (Å²) in [6.07, 6.45) is 4.34. The van der Waals surface area contributed by atoms with Crippen molar-refractivity contribution in [3.8, 4) is 0 Å². The molecule has 0 atom stereocenters. The summed E-state index contributed by atoms with van der Waals surface area (Å²) in [5.74, 6) is 0. The van der Waals surface area contributed by atoms with Crippen LogP contribution in [-0.4, -0.2) is 0 Å². The molecule has 0 bridgehead atoms. The molecule has 0 heterocycles. The van der Waals surface area contributed by atoms with Crippen LogP contribution in [0.4, 0.5) is 0 Å². The van der Waals surface area contributed by atoms with Gasteiger partial charge in [-0.3, -0.25) is 0 Å². The van der Waals surface area contributed by atoms with Crippen LogP contribution >= 0.6 is 0 Å². The van der Waals surface area contributed by atoms with Crippen LogP contribution in [0.2, 0.25) is 0 Å². The molecule has 0 aromatic carbocycles. The van der Waals surface area contributed by atoms with E-state index in [1.54, 1.807) is 0 Å². The van der Waals surface area contributed by atoms with Crippen LogP contribution in [0.5, 0.6) is 0 Å². The number of hydrogen-bond donors (Lipinski definition) is 0. The normalized spacial score (nSPS) is 14.6. The summed E-state index contributed by atoms with van der Waals surface area (Å²) in [7, 11) is 0. The van der Waals surface area contributed by atoms with Crippen LogP contribution in [0.25, 0.3) is 0 Å². The van der Waals surface area contributed by atoms with Gasteiger partial charge in [-0.1, -0.05) is 49.3 Å². The molecule has 74 valence electrons. The Morgan fingerprint density at radius 3 is 1.85 bits per heavy atom. The van der Waals surface area contributed by atoms with Crippen molar-refractivity contribution < 1.29 is 0 Å². The minimum absolute atomic E-state index is 0.160. The molecule has 0 aliphatic carbocycles. The molecule has 0 saturated carbocycles. The zero-order valence-corrected chi connectivity index (χ0v) is 9.86. The van der Waals surface area contributed by atoms with Crippen molar-refractivity contribution in [2.45, 2.75) is 41.5 Å². The average Bonchev–Trinajstić information content (AvgIpc) is 2.01. The summed E-state index contributed by atoms with van der Waals surface area (Å²) in [5, 5.41) is 0. The van der Waals surface area contributed by atoms with Gasteiger partial charge in [0.2, 0.25) is 0 Å². The molecule has 0 saturated heterocycles. The van der Waals surface area contributed by atoms with Crippen molar-refractivity contribution in [1.82, 2.24) is 0 Å². The largest absolute Gasteiger partial charge is 0.0961 e. The maximum atomic E-state index is 3.90. The molecular weight excluding hydrogens is 156 g/mol. The Morgan fingerprint density at radius 2 is 1.54 bits per heavy atom. The first kappa shape index (κ1) is 12.2. The molecule has 0 N–H and O–H groups in total. The molecule has 0 amide bonds. The number of rotatable bonds is 3. The second-order valence-corrected chi connectivity index (χ2v) is 4.27. The summed E-state index contributed by atoms with van der Waals surface area (Å²) in [6, 6.07) is 0. The molecular formula is C13H22. The fourth-order valence-corrected chi connectivity index (χ4v) is 1.22. The van der Waals surface area contributed by atoms with Crippen LogP contribution in [0.1, 0.15) is 41.5 Å². The fourth-order valence-electron chi connectivity index (χ4n) is 1.22. The minimum atomic E-state index is 0.160. The molecule has 0 rings (SSSR count). The van der Waals surface area contributed by atoms with Crippen LogP contribution in [0.3, 0.4) is 0 Å². The molecule has 0 nitrogen and oxygen atoms in total. The van der Waals surface area contributed by atoms with E-state index in [-0.39, 0.29) is 5.41 Å². The number of hydrogen-bond acceptors (Lipinski definition) is 0. The average molecular weight is 178 g/mol. The highest BCUT2D eigenvalue weighted by Crippen LogP contribution is 2.34. The van der Waals surface area contributed by atoms with Gasteiger partial charge in [0, 0.05) is 5.41 Å². The quantitative estimate of drug-likeness (QED) is 0.441. The van der Waals surface area contributed by atoms with Gasteiger partial charge in [0.05, 0.1) is 0 Å². The Bertz CT molecular complexity index is 249. The van der Waals surface area contributed by atoms with E-state index in [1.165, 1.54) is 11.1 Å². The van der Waals surface area contributed by atoms with E-state index >= 15 is 0 Å². The number of allylic oxidation sites excluding steroid dienone is 5. The van der Waals surface area contributed by atoms with Crippen LogP contribution in [0, 0.1) is 5.41 Å². The molecule has 0 aromatic heterocycles. The van der Waals surface area contributed by atoms with Crippen molar-refractivity contribution in [2.75, 3.05) is 0 Å². The van der Waals surface area contributed by atoms with Crippen LogP contribution in [-0.2, 0) is 0 Å². The van der Waals surface area contributed by atoms with Gasteiger partial charge in [-0.25, -0.2) is 0 Å². The zero-order valence-electron chi connectivity index (χ0n) is 9.86. The monoisotopic (exact) mass is 178 g/mol. The van der Waals surface area contributed by atoms with Gasteiger partial charge in [-0.15, -0.1) is 0 Å². The Labute approximate surface area is 83.0 Å². The van der Waals surface area contributed by atoms with Gasteiger partial charge in [0.1, 0.15) is 0 Å². The molecule has 0 unspecified atom stereocenters. The minimum Gasteiger partial charge on any atom is -0.0961 e. The second kappa shape index (κ2) is 4.45. The highest BCUT2D eigenvalue weighted by Gasteiger charge is 2.21. The first-order chi connectivity index (χ1) is 5.82. The first-order valence-electron chi connectivity index (χ1n) is 4.80. The molecule has 0 aliphatic heterocycles. The summed E-state index contributed by atoms with van der Waals surface area (Å²) in [5.41, 5.74) is 4.06. The lowest BCUT2D eigenvalue weighted by atomic mass is 9.78. The maximum absolute atomic E-state index is 3.90. The van der Waals surface area contributed by atoms with Gasteiger partial charge in [-0.2, -0.15) is 0 Å². The topological polar surface area (TPSA) is 0 Å². The second-order valence-electron chi connectivity index (χ2n) is 4.27. The SMILES string of the molecule is C=C(C)/C=C(\C)C(C)(C)/C(C)=C/C. The van der Waals surface area contributed by atoms with Crippen molar-refractivity contribution in [3.63, 3.8) is 0 Å². The van der Waals surface area contributed by atoms with Crippen molar-refractivity contribution >= 4 is 0 Å². The molecule has 0 aliphatic rings. The van der Waals surface area contributed by atoms with Gasteiger partial charge >= 0.3 is 0 Å². The smallest absolute Gasteiger partial charge is 0.00615 e. The van der Waals surface area contributed by atoms with E-state index in [0.29, 0.717) is 0 Å². The van der Waals surface area contributed by atoms with Crippen molar-refractivity contribution in [1.29, 1.82) is 0 Å². The third kappa shape index (κ3) is 3.22. The lowest BCUT2D eigenvalue weighted by Crippen LogP contribution is -2.14. The molecule has 0 radical (unpaired) electrons.